The zero-order valence-corrected chi connectivity index (χ0v) is 18.1. The van der Waals surface area contributed by atoms with Crippen LogP contribution >= 0.6 is 0 Å². The van der Waals surface area contributed by atoms with Gasteiger partial charge < -0.3 is 0 Å². The molecule has 2 aromatic carbocycles. The van der Waals surface area contributed by atoms with Crippen LogP contribution in [0.15, 0.2) is 73.2 Å². The van der Waals surface area contributed by atoms with E-state index in [2.05, 4.69) is 34.9 Å². The van der Waals surface area contributed by atoms with Crippen LogP contribution in [0, 0.1) is 0 Å². The van der Waals surface area contributed by atoms with Gasteiger partial charge in [-0.25, -0.2) is 19.9 Å². The Morgan fingerprint density at radius 1 is 0.906 bits per heavy atom. The molecule has 0 saturated carbocycles. The molecule has 0 unspecified atom stereocenters. The zero-order valence-electron chi connectivity index (χ0n) is 18.1. The van der Waals surface area contributed by atoms with Gasteiger partial charge in [0, 0.05) is 35.3 Å². The first-order valence-electron chi connectivity index (χ1n) is 10.7. The summed E-state index contributed by atoms with van der Waals surface area (Å²) in [6, 6.07) is 18.0. The third kappa shape index (κ3) is 3.75. The summed E-state index contributed by atoms with van der Waals surface area (Å²) in [7, 11) is 0. The highest BCUT2D eigenvalue weighted by molar-refractivity contribution is 6.00. The molecule has 1 aliphatic rings. The van der Waals surface area contributed by atoms with Crippen LogP contribution in [0.1, 0.15) is 36.5 Å². The van der Waals surface area contributed by atoms with Gasteiger partial charge in [-0.3, -0.25) is 9.69 Å². The molecule has 0 fully saturated rings. The van der Waals surface area contributed by atoms with Crippen LogP contribution in [-0.4, -0.2) is 25.8 Å². The highest BCUT2D eigenvalue weighted by Gasteiger charge is 2.30. The molecule has 4 aromatic rings. The Morgan fingerprint density at radius 3 is 2.41 bits per heavy atom. The van der Waals surface area contributed by atoms with Crippen LogP contribution in [0.3, 0.4) is 0 Å². The molecule has 2 aromatic heterocycles. The first-order valence-corrected chi connectivity index (χ1v) is 10.7. The van der Waals surface area contributed by atoms with E-state index >= 15 is 0 Å². The summed E-state index contributed by atoms with van der Waals surface area (Å²) in [5, 5.41) is 0. The number of anilines is 1. The maximum Gasteiger partial charge on any atom is 0.233 e. The summed E-state index contributed by atoms with van der Waals surface area (Å²) < 4.78 is 0. The lowest BCUT2D eigenvalue weighted by molar-refractivity contribution is -0.117. The molecule has 158 valence electrons. The van der Waals surface area contributed by atoms with Crippen molar-refractivity contribution in [2.24, 2.45) is 0 Å². The minimum atomic E-state index is 0.0408. The van der Waals surface area contributed by atoms with Gasteiger partial charge in [0.05, 0.1) is 13.0 Å². The number of amides is 1. The van der Waals surface area contributed by atoms with E-state index in [1.54, 1.807) is 29.6 Å². The Morgan fingerprint density at radius 2 is 1.66 bits per heavy atom. The van der Waals surface area contributed by atoms with Gasteiger partial charge in [-0.15, -0.1) is 0 Å². The molecular weight excluding hydrogens is 398 g/mol. The Kier molecular flexibility index (Phi) is 5.19. The van der Waals surface area contributed by atoms with E-state index in [0.29, 0.717) is 36.4 Å². The second kappa shape index (κ2) is 8.30. The predicted molar refractivity (Wildman–Crippen MR) is 124 cm³/mol. The summed E-state index contributed by atoms with van der Waals surface area (Å²) in [5.74, 6) is 2.44. The van der Waals surface area contributed by atoms with Crippen LogP contribution < -0.4 is 4.90 Å². The summed E-state index contributed by atoms with van der Waals surface area (Å²) in [5.41, 5.74) is 5.04. The van der Waals surface area contributed by atoms with E-state index in [1.165, 1.54) is 5.56 Å². The summed E-state index contributed by atoms with van der Waals surface area (Å²) in [6.07, 6.45) is 5.58. The molecule has 0 N–H and O–H groups in total. The fourth-order valence-electron chi connectivity index (χ4n) is 4.02. The van der Waals surface area contributed by atoms with Crippen molar-refractivity contribution in [3.05, 3.63) is 89.9 Å². The Bertz CT molecular complexity index is 1270. The predicted octanol–water partition coefficient (Wildman–Crippen LogP) is 4.81. The lowest BCUT2D eigenvalue weighted by Crippen LogP contribution is -2.26. The standard InChI is InChI=1S/C26H23N5O/c1-17(2)21-6-3-4-7-22(21)25-29-15-20-14-23(32)31(26(20)30-25)16-18-8-10-19(11-9-18)24-27-12-5-13-28-24/h3-13,15,17H,14,16H2,1-2H3. The van der Waals surface area contributed by atoms with Gasteiger partial charge in [0.2, 0.25) is 5.91 Å². The lowest BCUT2D eigenvalue weighted by atomic mass is 9.97. The number of carbonyl (C=O) groups is 1. The Hall–Kier alpha value is -3.93. The highest BCUT2D eigenvalue weighted by atomic mass is 16.2. The minimum absolute atomic E-state index is 0.0408. The third-order valence-corrected chi connectivity index (χ3v) is 5.68. The number of hydrogen-bond donors (Lipinski definition) is 0. The van der Waals surface area contributed by atoms with Gasteiger partial charge >= 0.3 is 0 Å². The van der Waals surface area contributed by atoms with E-state index < -0.39 is 0 Å². The first kappa shape index (κ1) is 20.0. The van der Waals surface area contributed by atoms with Crippen molar-refractivity contribution in [2.45, 2.75) is 32.7 Å². The maximum atomic E-state index is 12.8. The molecule has 0 radical (unpaired) electrons. The SMILES string of the molecule is CC(C)c1ccccc1-c1ncc2c(n1)N(Cc1ccc(-c3ncccn3)cc1)C(=O)C2. The Balaban J connectivity index is 1.44. The second-order valence-corrected chi connectivity index (χ2v) is 8.21. The Labute approximate surface area is 187 Å². The van der Waals surface area contributed by atoms with Gasteiger partial charge in [0.15, 0.2) is 11.6 Å². The van der Waals surface area contributed by atoms with E-state index in [-0.39, 0.29) is 5.91 Å². The van der Waals surface area contributed by atoms with E-state index in [1.807, 2.05) is 42.5 Å². The van der Waals surface area contributed by atoms with E-state index in [4.69, 9.17) is 4.98 Å². The van der Waals surface area contributed by atoms with Gasteiger partial charge in [0.1, 0.15) is 5.82 Å². The molecule has 0 saturated heterocycles. The fourth-order valence-corrected chi connectivity index (χ4v) is 4.02. The molecule has 1 aliphatic heterocycles. The summed E-state index contributed by atoms with van der Waals surface area (Å²) >= 11 is 0. The van der Waals surface area contributed by atoms with Gasteiger partial charge in [-0.1, -0.05) is 62.4 Å². The van der Waals surface area contributed by atoms with E-state index in [0.717, 1.165) is 22.3 Å². The lowest BCUT2D eigenvalue weighted by Gasteiger charge is -2.18. The number of rotatable bonds is 5. The van der Waals surface area contributed by atoms with Crippen molar-refractivity contribution >= 4 is 11.7 Å². The van der Waals surface area contributed by atoms with Crippen LogP contribution in [0.25, 0.3) is 22.8 Å². The van der Waals surface area contributed by atoms with Crippen molar-refractivity contribution < 1.29 is 4.79 Å². The molecule has 6 heteroatoms. The number of hydrogen-bond acceptors (Lipinski definition) is 5. The molecule has 32 heavy (non-hydrogen) atoms. The molecule has 1 amide bonds. The third-order valence-electron chi connectivity index (χ3n) is 5.68. The second-order valence-electron chi connectivity index (χ2n) is 8.21. The smallest absolute Gasteiger partial charge is 0.233 e. The molecule has 6 nitrogen and oxygen atoms in total. The number of nitrogens with zero attached hydrogens (tertiary/aromatic N) is 5. The molecule has 0 atom stereocenters. The van der Waals surface area contributed by atoms with Crippen molar-refractivity contribution in [1.29, 1.82) is 0 Å². The van der Waals surface area contributed by atoms with Crippen molar-refractivity contribution in [3.63, 3.8) is 0 Å². The molecule has 0 bridgehead atoms. The summed E-state index contributed by atoms with van der Waals surface area (Å²) in [6.45, 7) is 4.78. The number of fused-ring (bicyclic) bond motifs is 1. The largest absolute Gasteiger partial charge is 0.292 e. The minimum Gasteiger partial charge on any atom is -0.292 e. The number of aromatic nitrogens is 4. The first-order chi connectivity index (χ1) is 15.6. The fraction of sp³-hybridized carbons (Fsp3) is 0.192. The van der Waals surface area contributed by atoms with Crippen LogP contribution in [-0.2, 0) is 17.8 Å². The molecule has 0 spiro atoms. The monoisotopic (exact) mass is 421 g/mol. The number of carbonyl (C=O) groups excluding carboxylic acids is 1. The van der Waals surface area contributed by atoms with Crippen LogP contribution in [0.5, 0.6) is 0 Å². The van der Waals surface area contributed by atoms with Gasteiger partial charge in [0.25, 0.3) is 0 Å². The molecular formula is C26H23N5O. The normalized spacial score (nSPS) is 13.0. The quantitative estimate of drug-likeness (QED) is 0.462. The topological polar surface area (TPSA) is 71.9 Å². The van der Waals surface area contributed by atoms with Crippen molar-refractivity contribution in [3.8, 4) is 22.8 Å². The molecule has 3 heterocycles. The molecule has 5 rings (SSSR count). The van der Waals surface area contributed by atoms with Crippen LogP contribution in [0.2, 0.25) is 0 Å². The summed E-state index contributed by atoms with van der Waals surface area (Å²) in [4.78, 5) is 32.5. The van der Waals surface area contributed by atoms with E-state index in [9.17, 15) is 4.79 Å². The number of benzene rings is 2. The van der Waals surface area contributed by atoms with Crippen molar-refractivity contribution in [2.75, 3.05) is 4.90 Å². The van der Waals surface area contributed by atoms with Crippen LogP contribution in [0.4, 0.5) is 5.82 Å². The van der Waals surface area contributed by atoms with Gasteiger partial charge in [-0.05, 0) is 23.1 Å². The molecule has 0 aliphatic carbocycles. The van der Waals surface area contributed by atoms with Gasteiger partial charge in [-0.2, -0.15) is 0 Å². The zero-order chi connectivity index (χ0) is 22.1. The highest BCUT2D eigenvalue weighted by Crippen LogP contribution is 2.32. The average molecular weight is 422 g/mol. The van der Waals surface area contributed by atoms with Crippen molar-refractivity contribution in [1.82, 2.24) is 19.9 Å². The average Bonchev–Trinajstić information content (AvgIpc) is 3.14. The maximum absolute atomic E-state index is 12.8.